The average molecular weight is 719 g/mol. The minimum absolute atomic E-state index is 0.103. The Labute approximate surface area is 336 Å². The maximum Gasteiger partial charge on any atom is 0.164 e. The highest BCUT2D eigenvalue weighted by molar-refractivity contribution is 6.18. The summed E-state index contributed by atoms with van der Waals surface area (Å²) in [4.78, 5) is 14.8. The second kappa shape index (κ2) is 12.6. The number of benzene rings is 8. The molecule has 3 aromatic heterocycles. The first-order valence-corrected chi connectivity index (χ1v) is 17.4. The summed E-state index contributed by atoms with van der Waals surface area (Å²) >= 11 is 0. The monoisotopic (exact) mass is 718 g/mol. The topological polar surface area (TPSA) is 56.7 Å². The molecule has 0 saturated carbocycles. The van der Waals surface area contributed by atoms with Gasteiger partial charge in [0.2, 0.25) is 0 Å². The highest BCUT2D eigenvalue weighted by Crippen LogP contribution is 2.40. The Kier molecular flexibility index (Phi) is 4.64. The van der Waals surface area contributed by atoms with E-state index >= 15 is 0 Å². The van der Waals surface area contributed by atoms with E-state index < -0.39 is 91.1 Å². The highest BCUT2D eigenvalue weighted by Gasteiger charge is 2.20. The molecule has 0 aliphatic heterocycles. The Morgan fingerprint density at radius 3 is 1.91 bits per heavy atom. The molecule has 3 heterocycles. The molecule has 5 heteroatoms. The van der Waals surface area contributed by atoms with Crippen molar-refractivity contribution in [2.45, 2.75) is 6.54 Å². The number of rotatable bonds is 6. The van der Waals surface area contributed by atoms with Crippen molar-refractivity contribution in [2.24, 2.45) is 0 Å². The van der Waals surface area contributed by atoms with Crippen LogP contribution in [0.3, 0.4) is 0 Å². The smallest absolute Gasteiger partial charge is 0.164 e. The molecular weight excluding hydrogens is 673 g/mol. The molecule has 258 valence electrons. The second-order valence-corrected chi connectivity index (χ2v) is 12.9. The van der Waals surface area contributed by atoms with E-state index in [0.717, 1.165) is 16.5 Å². The van der Waals surface area contributed by atoms with Gasteiger partial charge in [0, 0.05) is 55.7 Å². The van der Waals surface area contributed by atoms with Crippen LogP contribution in [0.4, 0.5) is 0 Å². The van der Waals surface area contributed by atoms with Gasteiger partial charge in [-0.2, -0.15) is 0 Å². The molecular formula is C50H32N4O. The SMILES string of the molecule is [2H]c1c([2H])c(-c2cc(-c3nc(-c4ccccc4)nc(-c4ccccc4)n3)c3c(c2)oc2ccccc23)c([2H])c([2H])c1Cn1c2c([2H])c([2H])c([2H])c([2H])c2c2c([2H])c([2H])c3c([2H])c([2H])c([2H])c([2H])c3c21. The van der Waals surface area contributed by atoms with E-state index in [-0.39, 0.29) is 55.1 Å². The molecule has 0 aliphatic carbocycles. The van der Waals surface area contributed by atoms with Crippen molar-refractivity contribution in [1.29, 1.82) is 0 Å². The van der Waals surface area contributed by atoms with Crippen molar-refractivity contribution in [3.63, 3.8) is 0 Å². The van der Waals surface area contributed by atoms with E-state index in [2.05, 4.69) is 0 Å². The first-order chi connectivity index (χ1) is 33.1. The van der Waals surface area contributed by atoms with E-state index in [1.165, 1.54) is 4.57 Å². The van der Waals surface area contributed by atoms with Crippen molar-refractivity contribution in [3.05, 3.63) is 187 Å². The Balaban J connectivity index is 1.18. The number of aromatic nitrogens is 4. The van der Waals surface area contributed by atoms with Gasteiger partial charge < -0.3 is 8.98 Å². The van der Waals surface area contributed by atoms with E-state index in [1.807, 2.05) is 78.9 Å². The van der Waals surface area contributed by atoms with Crippen LogP contribution in [0.1, 0.15) is 24.8 Å². The number of para-hydroxylation sites is 2. The normalized spacial score (nSPS) is 15.3. The summed E-state index contributed by atoms with van der Waals surface area (Å²) in [5.41, 5.74) is 2.34. The zero-order valence-electron chi connectivity index (χ0n) is 42.6. The summed E-state index contributed by atoms with van der Waals surface area (Å²) < 4.78 is 134. The summed E-state index contributed by atoms with van der Waals surface area (Å²) in [6.45, 7) is -0.602. The summed E-state index contributed by atoms with van der Waals surface area (Å²) in [5.74, 6) is 1.02. The zero-order chi connectivity index (χ0) is 48.5. The predicted octanol–water partition coefficient (Wildman–Crippen LogP) is 12.7. The Bertz CT molecular complexity index is 3960. The number of fused-ring (bicyclic) bond motifs is 8. The van der Waals surface area contributed by atoms with Crippen molar-refractivity contribution in [3.8, 4) is 45.3 Å². The molecule has 0 radical (unpaired) electrons. The molecule has 5 nitrogen and oxygen atoms in total. The van der Waals surface area contributed by atoms with E-state index in [4.69, 9.17) is 33.1 Å². The molecule has 0 unspecified atom stereocenters. The minimum atomic E-state index is -0.665. The van der Waals surface area contributed by atoms with E-state index in [0.29, 0.717) is 33.8 Å². The van der Waals surface area contributed by atoms with Gasteiger partial charge in [-0.25, -0.2) is 15.0 Å². The lowest BCUT2D eigenvalue weighted by Crippen LogP contribution is -2.01. The molecule has 0 fully saturated rings. The van der Waals surface area contributed by atoms with Gasteiger partial charge in [0.25, 0.3) is 0 Å². The molecule has 8 aromatic carbocycles. The first-order valence-electron chi connectivity index (χ1n) is 24.4. The Hall–Kier alpha value is -7.37. The third kappa shape index (κ3) is 5.28. The van der Waals surface area contributed by atoms with Crippen LogP contribution in [0.2, 0.25) is 0 Å². The molecule has 0 bridgehead atoms. The van der Waals surface area contributed by atoms with Gasteiger partial charge in [-0.15, -0.1) is 0 Å². The lowest BCUT2D eigenvalue weighted by molar-refractivity contribution is 0.669. The van der Waals surface area contributed by atoms with Crippen LogP contribution >= 0.6 is 0 Å². The maximum atomic E-state index is 9.55. The average Bonchev–Trinajstić information content (AvgIpc) is 3.92. The molecule has 0 atom stereocenters. The van der Waals surface area contributed by atoms with Crippen LogP contribution in [0.5, 0.6) is 0 Å². The molecule has 0 amide bonds. The van der Waals surface area contributed by atoms with Gasteiger partial charge in [-0.3, -0.25) is 0 Å². The third-order valence-electron chi connectivity index (χ3n) is 9.63. The summed E-state index contributed by atoms with van der Waals surface area (Å²) in [5, 5.41) is 0.411. The van der Waals surface area contributed by atoms with Crippen LogP contribution in [-0.4, -0.2) is 19.5 Å². The number of nitrogens with zero attached hydrogens (tertiary/aromatic N) is 4. The van der Waals surface area contributed by atoms with Gasteiger partial charge in [0.1, 0.15) is 11.2 Å². The van der Waals surface area contributed by atoms with Gasteiger partial charge in [-0.1, -0.05) is 157 Å². The fraction of sp³-hybridized carbons (Fsp3) is 0.0200. The number of hydrogen-bond acceptors (Lipinski definition) is 4. The summed E-state index contributed by atoms with van der Waals surface area (Å²) in [7, 11) is 0. The molecule has 11 aromatic rings. The fourth-order valence-electron chi connectivity index (χ4n) is 7.13. The molecule has 0 N–H and O–H groups in total. The van der Waals surface area contributed by atoms with Crippen molar-refractivity contribution in [1.82, 2.24) is 19.5 Å². The van der Waals surface area contributed by atoms with Crippen LogP contribution in [0, 0.1) is 0 Å². The number of furan rings is 1. The molecule has 55 heavy (non-hydrogen) atoms. The van der Waals surface area contributed by atoms with Gasteiger partial charge in [0.05, 0.1) is 24.7 Å². The summed E-state index contributed by atoms with van der Waals surface area (Å²) in [6.07, 6.45) is 0. The van der Waals surface area contributed by atoms with Crippen molar-refractivity contribution in [2.75, 3.05) is 0 Å². The second-order valence-electron chi connectivity index (χ2n) is 12.9. The van der Waals surface area contributed by atoms with Crippen molar-refractivity contribution < 1.29 is 23.6 Å². The van der Waals surface area contributed by atoms with Crippen LogP contribution in [0.25, 0.3) is 99.8 Å². The standard InChI is InChI=1S/C50H32N4O/c1-3-14-35(15-4-1)48-51-49(36-16-5-2-6-17-36)53-50(52-48)42-29-37(30-45-46(42)41-20-10-12-22-44(41)55-45)33-25-23-32(24-26-33)31-54-43-21-11-9-19-39(43)40-28-27-34-13-7-8-18-38(34)47(40)54/h1-30H,31H2/i7D,8D,9D,11D,13D,18D,19D,21D,23D,24D,25D,26D,27D,28D. The van der Waals surface area contributed by atoms with Crippen LogP contribution in [0.15, 0.2) is 186 Å². The molecule has 0 spiro atoms. The van der Waals surface area contributed by atoms with Gasteiger partial charge >= 0.3 is 0 Å². The predicted molar refractivity (Wildman–Crippen MR) is 225 cm³/mol. The Morgan fingerprint density at radius 1 is 0.491 bits per heavy atom. The van der Waals surface area contributed by atoms with Crippen molar-refractivity contribution >= 4 is 54.5 Å². The minimum Gasteiger partial charge on any atom is -0.456 e. The Morgan fingerprint density at radius 2 is 1.15 bits per heavy atom. The maximum absolute atomic E-state index is 9.55. The van der Waals surface area contributed by atoms with E-state index in [9.17, 15) is 5.48 Å². The largest absolute Gasteiger partial charge is 0.456 e. The quantitative estimate of drug-likeness (QED) is 0.172. The number of hydrogen-bond donors (Lipinski definition) is 0. The van der Waals surface area contributed by atoms with Crippen LogP contribution in [-0.2, 0) is 6.54 Å². The molecule has 11 rings (SSSR count). The lowest BCUT2D eigenvalue weighted by Gasteiger charge is -2.12. The van der Waals surface area contributed by atoms with Gasteiger partial charge in [0.15, 0.2) is 17.5 Å². The molecule has 0 saturated heterocycles. The van der Waals surface area contributed by atoms with Gasteiger partial charge in [-0.05, 0) is 46.3 Å². The third-order valence-corrected chi connectivity index (χ3v) is 9.63. The fourth-order valence-corrected chi connectivity index (χ4v) is 7.13. The zero-order valence-corrected chi connectivity index (χ0v) is 28.6. The lowest BCUT2D eigenvalue weighted by atomic mass is 9.97. The molecule has 0 aliphatic rings. The summed E-state index contributed by atoms with van der Waals surface area (Å²) in [6, 6.07) is 21.4. The van der Waals surface area contributed by atoms with Crippen LogP contribution < -0.4 is 0 Å². The highest BCUT2D eigenvalue weighted by atomic mass is 16.3. The first kappa shape index (κ1) is 20.2. The van der Waals surface area contributed by atoms with E-state index in [1.54, 1.807) is 18.2 Å².